The summed E-state index contributed by atoms with van der Waals surface area (Å²) in [5, 5.41) is 0. The minimum absolute atomic E-state index is 0.00412. The van der Waals surface area contributed by atoms with Crippen LogP contribution in [0.4, 0.5) is 0 Å². The Labute approximate surface area is 148 Å². The number of hydrogen-bond acceptors (Lipinski definition) is 6. The summed E-state index contributed by atoms with van der Waals surface area (Å²) in [4.78, 5) is 16.0. The second-order valence-corrected chi connectivity index (χ2v) is 7.09. The molecule has 0 saturated carbocycles. The summed E-state index contributed by atoms with van der Waals surface area (Å²) >= 11 is 0. The lowest BCUT2D eigenvalue weighted by Gasteiger charge is -2.22. The first kappa shape index (κ1) is 19.0. The molecule has 7 nitrogen and oxygen atoms in total. The third-order valence-corrected chi connectivity index (χ3v) is 5.31. The quantitative estimate of drug-likeness (QED) is 0.689. The van der Waals surface area contributed by atoms with E-state index in [1.54, 1.807) is 19.9 Å². The van der Waals surface area contributed by atoms with E-state index in [2.05, 4.69) is 4.98 Å². The van der Waals surface area contributed by atoms with Crippen molar-refractivity contribution in [3.05, 3.63) is 41.8 Å². The van der Waals surface area contributed by atoms with Crippen LogP contribution in [0.15, 0.2) is 41.1 Å². The number of allylic oxidation sites excluding steroid dienone is 2. The lowest BCUT2D eigenvalue weighted by Crippen LogP contribution is -2.28. The number of aromatic nitrogens is 1. The molecule has 0 spiro atoms. The molecule has 0 radical (unpaired) electrons. The average Bonchev–Trinajstić information content (AvgIpc) is 2.62. The molecule has 0 saturated heterocycles. The van der Waals surface area contributed by atoms with Gasteiger partial charge >= 0.3 is 5.97 Å². The number of rotatable bonds is 7. The maximum absolute atomic E-state index is 12.8. The number of sulfonamides is 1. The summed E-state index contributed by atoms with van der Waals surface area (Å²) in [6.07, 6.45) is 7.16. The van der Waals surface area contributed by atoms with Gasteiger partial charge in [-0.05, 0) is 38.0 Å². The van der Waals surface area contributed by atoms with E-state index in [1.165, 1.54) is 22.8 Å². The Bertz CT molecular complexity index is 799. The minimum atomic E-state index is -3.82. The molecule has 0 amide bonds. The molecular formula is C17H22N2O5S. The SMILES string of the molecule is CCOC(=O)c1cc(S(=O)(=O)N2C=CC(CC)=CC2)cnc1OCC. The van der Waals surface area contributed by atoms with Gasteiger partial charge in [-0.15, -0.1) is 0 Å². The van der Waals surface area contributed by atoms with Crippen molar-refractivity contribution in [3.8, 4) is 5.88 Å². The van der Waals surface area contributed by atoms with Gasteiger partial charge in [0.05, 0.1) is 26.0 Å². The molecule has 0 bridgehead atoms. The largest absolute Gasteiger partial charge is 0.477 e. The van der Waals surface area contributed by atoms with E-state index in [4.69, 9.17) is 9.47 Å². The number of nitrogens with zero attached hydrogens (tertiary/aromatic N) is 2. The number of carbonyl (C=O) groups excluding carboxylic acids is 1. The van der Waals surface area contributed by atoms with Gasteiger partial charge in [0.15, 0.2) is 0 Å². The van der Waals surface area contributed by atoms with Crippen molar-refractivity contribution in [2.24, 2.45) is 0 Å². The standard InChI is InChI=1S/C17H22N2O5S/c1-4-13-7-9-19(10-8-13)25(21,22)14-11-15(17(20)24-6-3)16(18-12-14)23-5-2/h7-9,11-12H,4-6,10H2,1-3H3. The molecule has 0 aliphatic carbocycles. The second-order valence-electron chi connectivity index (χ2n) is 5.20. The Morgan fingerprint density at radius 1 is 1.28 bits per heavy atom. The van der Waals surface area contributed by atoms with Crippen molar-refractivity contribution in [2.75, 3.05) is 19.8 Å². The molecule has 1 aliphatic rings. The Hall–Kier alpha value is -2.35. The number of ether oxygens (including phenoxy) is 2. The molecule has 1 aliphatic heterocycles. The van der Waals surface area contributed by atoms with Crippen LogP contribution < -0.4 is 4.74 Å². The number of esters is 1. The topological polar surface area (TPSA) is 85.8 Å². The van der Waals surface area contributed by atoms with Crippen molar-refractivity contribution in [1.82, 2.24) is 9.29 Å². The Morgan fingerprint density at radius 3 is 2.60 bits per heavy atom. The maximum Gasteiger partial charge on any atom is 0.343 e. The first-order chi connectivity index (χ1) is 11.9. The highest BCUT2D eigenvalue weighted by molar-refractivity contribution is 7.89. The molecule has 1 aromatic heterocycles. The van der Waals surface area contributed by atoms with Crippen molar-refractivity contribution in [1.29, 1.82) is 0 Å². The minimum Gasteiger partial charge on any atom is -0.477 e. The third-order valence-electron chi connectivity index (χ3n) is 3.61. The monoisotopic (exact) mass is 366 g/mol. The van der Waals surface area contributed by atoms with Crippen LogP contribution in [-0.4, -0.2) is 43.4 Å². The molecule has 2 rings (SSSR count). The summed E-state index contributed by atoms with van der Waals surface area (Å²) < 4.78 is 37.1. The number of carbonyl (C=O) groups is 1. The zero-order chi connectivity index (χ0) is 18.4. The van der Waals surface area contributed by atoms with Gasteiger partial charge in [-0.1, -0.05) is 13.0 Å². The van der Waals surface area contributed by atoms with Crippen LogP contribution in [-0.2, 0) is 14.8 Å². The van der Waals surface area contributed by atoms with Crippen LogP contribution in [0.5, 0.6) is 5.88 Å². The van der Waals surface area contributed by atoms with Crippen LogP contribution in [0.1, 0.15) is 37.6 Å². The molecule has 0 fully saturated rings. The lowest BCUT2D eigenvalue weighted by molar-refractivity contribution is 0.0520. The fourth-order valence-electron chi connectivity index (χ4n) is 2.27. The van der Waals surface area contributed by atoms with E-state index in [9.17, 15) is 13.2 Å². The third kappa shape index (κ3) is 4.19. The van der Waals surface area contributed by atoms with Crippen LogP contribution in [0, 0.1) is 0 Å². The van der Waals surface area contributed by atoms with Crippen LogP contribution in [0.2, 0.25) is 0 Å². The Kier molecular flexibility index (Phi) is 6.19. The average molecular weight is 366 g/mol. The van der Waals surface area contributed by atoms with Gasteiger partial charge in [-0.25, -0.2) is 18.2 Å². The predicted octanol–water partition coefficient (Wildman–Crippen LogP) is 2.51. The predicted molar refractivity (Wildman–Crippen MR) is 92.8 cm³/mol. The normalized spacial score (nSPS) is 14.2. The van der Waals surface area contributed by atoms with Gasteiger partial charge in [-0.2, -0.15) is 0 Å². The van der Waals surface area contributed by atoms with E-state index in [1.807, 2.05) is 13.0 Å². The van der Waals surface area contributed by atoms with Gasteiger partial charge < -0.3 is 9.47 Å². The Morgan fingerprint density at radius 2 is 2.04 bits per heavy atom. The molecule has 8 heteroatoms. The van der Waals surface area contributed by atoms with Crippen molar-refractivity contribution >= 4 is 16.0 Å². The van der Waals surface area contributed by atoms with Gasteiger partial charge in [0, 0.05) is 6.20 Å². The smallest absolute Gasteiger partial charge is 0.343 e. The van der Waals surface area contributed by atoms with E-state index >= 15 is 0 Å². The summed E-state index contributed by atoms with van der Waals surface area (Å²) in [7, 11) is -3.82. The first-order valence-corrected chi connectivity index (χ1v) is 9.57. The van der Waals surface area contributed by atoms with Crippen LogP contribution in [0.25, 0.3) is 0 Å². The van der Waals surface area contributed by atoms with E-state index in [-0.39, 0.29) is 29.5 Å². The van der Waals surface area contributed by atoms with E-state index < -0.39 is 16.0 Å². The van der Waals surface area contributed by atoms with Crippen molar-refractivity contribution < 1.29 is 22.7 Å². The highest BCUT2D eigenvalue weighted by atomic mass is 32.2. The lowest BCUT2D eigenvalue weighted by atomic mass is 10.1. The zero-order valence-corrected chi connectivity index (χ0v) is 15.4. The summed E-state index contributed by atoms with van der Waals surface area (Å²) in [6, 6.07) is 1.25. The summed E-state index contributed by atoms with van der Waals surface area (Å²) in [5.74, 6) is -0.611. The molecule has 2 heterocycles. The highest BCUT2D eigenvalue weighted by Gasteiger charge is 2.26. The van der Waals surface area contributed by atoms with Gasteiger partial charge in [-0.3, -0.25) is 4.31 Å². The van der Waals surface area contributed by atoms with Gasteiger partial charge in [0.1, 0.15) is 10.5 Å². The van der Waals surface area contributed by atoms with Crippen molar-refractivity contribution in [3.63, 3.8) is 0 Å². The van der Waals surface area contributed by atoms with E-state index in [0.29, 0.717) is 6.61 Å². The fourth-order valence-corrected chi connectivity index (χ4v) is 3.49. The molecule has 0 atom stereocenters. The van der Waals surface area contributed by atoms with Gasteiger partial charge in [0.25, 0.3) is 10.0 Å². The first-order valence-electron chi connectivity index (χ1n) is 8.13. The number of pyridine rings is 1. The second kappa shape index (κ2) is 8.15. The van der Waals surface area contributed by atoms with E-state index in [0.717, 1.165) is 12.0 Å². The molecule has 0 N–H and O–H groups in total. The molecule has 25 heavy (non-hydrogen) atoms. The molecule has 0 aromatic carbocycles. The molecule has 136 valence electrons. The molecule has 0 unspecified atom stereocenters. The van der Waals surface area contributed by atoms with Crippen LogP contribution >= 0.6 is 0 Å². The Balaban J connectivity index is 2.38. The highest BCUT2D eigenvalue weighted by Crippen LogP contribution is 2.25. The van der Waals surface area contributed by atoms with Crippen LogP contribution in [0.3, 0.4) is 0 Å². The zero-order valence-electron chi connectivity index (χ0n) is 14.6. The van der Waals surface area contributed by atoms with Gasteiger partial charge in [0.2, 0.25) is 5.88 Å². The fraction of sp³-hybridized carbons (Fsp3) is 0.412. The molecule has 1 aromatic rings. The maximum atomic E-state index is 12.8. The van der Waals surface area contributed by atoms with Crippen molar-refractivity contribution in [2.45, 2.75) is 32.1 Å². The summed E-state index contributed by atoms with van der Waals surface area (Å²) in [5.41, 5.74) is 1.07. The molecular weight excluding hydrogens is 344 g/mol. The number of hydrogen-bond donors (Lipinski definition) is 0. The summed E-state index contributed by atoms with van der Waals surface area (Å²) in [6.45, 7) is 6.12.